The molecule has 0 fully saturated rings. The van der Waals surface area contributed by atoms with E-state index in [4.69, 9.17) is 5.73 Å². The maximum Gasteiger partial charge on any atom is 0.412 e. The summed E-state index contributed by atoms with van der Waals surface area (Å²) in [6.07, 6.45) is -2.89. The van der Waals surface area contributed by atoms with Crippen molar-refractivity contribution in [1.82, 2.24) is 4.90 Å². The molecule has 5 heteroatoms. The van der Waals surface area contributed by atoms with Gasteiger partial charge in [-0.1, -0.05) is 35.9 Å². The topological polar surface area (TPSA) is 29.3 Å². The van der Waals surface area contributed by atoms with E-state index < -0.39 is 11.7 Å². The lowest BCUT2D eigenvalue weighted by Crippen LogP contribution is -2.38. The minimum absolute atomic E-state index is 0.0269. The molecule has 1 aliphatic rings. The van der Waals surface area contributed by atoms with Gasteiger partial charge in [-0.05, 0) is 18.9 Å². The van der Waals surface area contributed by atoms with E-state index in [9.17, 15) is 13.2 Å². The molecule has 110 valence electrons. The van der Waals surface area contributed by atoms with E-state index in [2.05, 4.69) is 0 Å². The second kappa shape index (κ2) is 5.97. The molecule has 1 heterocycles. The third kappa shape index (κ3) is 3.41. The summed E-state index contributed by atoms with van der Waals surface area (Å²) in [5, 5.41) is 0. The summed E-state index contributed by atoms with van der Waals surface area (Å²) in [5.74, 6) is 0. The Bertz CT molecular complexity index is 494. The summed E-state index contributed by atoms with van der Waals surface area (Å²) < 4.78 is 37.8. The van der Waals surface area contributed by atoms with E-state index in [1.807, 2.05) is 36.1 Å². The zero-order valence-corrected chi connectivity index (χ0v) is 11.5. The van der Waals surface area contributed by atoms with Crippen molar-refractivity contribution in [1.29, 1.82) is 0 Å². The van der Waals surface area contributed by atoms with Crippen LogP contribution in [-0.2, 0) is 0 Å². The van der Waals surface area contributed by atoms with Crippen LogP contribution in [0.25, 0.3) is 0 Å². The first kappa shape index (κ1) is 15.1. The van der Waals surface area contributed by atoms with Gasteiger partial charge in [0.15, 0.2) is 0 Å². The molecule has 1 aliphatic heterocycles. The number of halogens is 3. The van der Waals surface area contributed by atoms with Crippen LogP contribution in [0, 0.1) is 6.92 Å². The van der Waals surface area contributed by atoms with Crippen molar-refractivity contribution in [3.63, 3.8) is 0 Å². The second-order valence-corrected chi connectivity index (χ2v) is 5.14. The Balaban J connectivity index is 2.13. The van der Waals surface area contributed by atoms with Gasteiger partial charge in [0.2, 0.25) is 0 Å². The molecule has 2 N–H and O–H groups in total. The fourth-order valence-corrected chi connectivity index (χ4v) is 2.60. The Labute approximate surface area is 117 Å². The molecular weight excluding hydrogens is 265 g/mol. The number of aryl methyl sites for hydroxylation is 1. The minimum Gasteiger partial charge on any atom is -0.329 e. The molecule has 0 spiro atoms. The number of nitrogens with two attached hydrogens (primary N) is 1. The average molecular weight is 284 g/mol. The molecule has 1 aromatic carbocycles. The number of hydrogen-bond acceptors (Lipinski definition) is 2. The molecule has 1 unspecified atom stereocenters. The predicted octanol–water partition coefficient (Wildman–Crippen LogP) is 3.19. The molecule has 0 radical (unpaired) electrons. The SMILES string of the molecule is Cc1cccc(C(CN)N2CC=C(C(F)(F)F)CC2)c1. The number of rotatable bonds is 3. The first-order valence-electron chi connectivity index (χ1n) is 6.68. The summed E-state index contributed by atoms with van der Waals surface area (Å²) in [6.45, 7) is 3.08. The summed E-state index contributed by atoms with van der Waals surface area (Å²) >= 11 is 0. The molecule has 20 heavy (non-hydrogen) atoms. The molecule has 0 aliphatic carbocycles. The normalized spacial score (nSPS) is 18.8. The van der Waals surface area contributed by atoms with E-state index in [-0.39, 0.29) is 12.5 Å². The van der Waals surface area contributed by atoms with Gasteiger partial charge in [-0.2, -0.15) is 13.2 Å². The lowest BCUT2D eigenvalue weighted by Gasteiger charge is -2.34. The highest BCUT2D eigenvalue weighted by atomic mass is 19.4. The van der Waals surface area contributed by atoms with Crippen LogP contribution in [0.2, 0.25) is 0 Å². The molecular formula is C15H19F3N2. The van der Waals surface area contributed by atoms with Gasteiger partial charge in [-0.3, -0.25) is 4.90 Å². The van der Waals surface area contributed by atoms with Crippen LogP contribution < -0.4 is 5.73 Å². The smallest absolute Gasteiger partial charge is 0.329 e. The lowest BCUT2D eigenvalue weighted by atomic mass is 10.00. The Morgan fingerprint density at radius 3 is 2.60 bits per heavy atom. The van der Waals surface area contributed by atoms with Gasteiger partial charge in [0.25, 0.3) is 0 Å². The highest BCUT2D eigenvalue weighted by molar-refractivity contribution is 5.26. The molecule has 2 nitrogen and oxygen atoms in total. The highest BCUT2D eigenvalue weighted by Crippen LogP contribution is 2.32. The Morgan fingerprint density at radius 1 is 1.35 bits per heavy atom. The van der Waals surface area contributed by atoms with E-state index in [1.165, 1.54) is 6.08 Å². The van der Waals surface area contributed by atoms with Crippen molar-refractivity contribution >= 4 is 0 Å². The monoisotopic (exact) mass is 284 g/mol. The van der Waals surface area contributed by atoms with Gasteiger partial charge in [-0.25, -0.2) is 0 Å². The van der Waals surface area contributed by atoms with Crippen LogP contribution in [0.4, 0.5) is 13.2 Å². The van der Waals surface area contributed by atoms with Gasteiger partial charge in [0.1, 0.15) is 0 Å². The summed E-state index contributed by atoms with van der Waals surface area (Å²) in [5.41, 5.74) is 7.59. The van der Waals surface area contributed by atoms with Crippen LogP contribution in [-0.4, -0.2) is 30.7 Å². The molecule has 1 aromatic rings. The number of hydrogen-bond donors (Lipinski definition) is 1. The van der Waals surface area contributed by atoms with Crippen molar-refractivity contribution in [3.8, 4) is 0 Å². The summed E-state index contributed by atoms with van der Waals surface area (Å²) in [7, 11) is 0. The van der Waals surface area contributed by atoms with Crippen LogP contribution in [0.3, 0.4) is 0 Å². The van der Waals surface area contributed by atoms with Gasteiger partial charge in [0, 0.05) is 31.2 Å². The zero-order valence-electron chi connectivity index (χ0n) is 11.5. The van der Waals surface area contributed by atoms with Gasteiger partial charge in [0.05, 0.1) is 0 Å². The second-order valence-electron chi connectivity index (χ2n) is 5.14. The summed E-state index contributed by atoms with van der Waals surface area (Å²) in [4.78, 5) is 2.00. The molecule has 0 aromatic heterocycles. The average Bonchev–Trinajstić information content (AvgIpc) is 2.39. The molecule has 0 amide bonds. The fraction of sp³-hybridized carbons (Fsp3) is 0.467. The maximum absolute atomic E-state index is 12.6. The number of benzene rings is 1. The van der Waals surface area contributed by atoms with Crippen molar-refractivity contribution in [2.24, 2.45) is 5.73 Å². The quantitative estimate of drug-likeness (QED) is 0.864. The molecule has 1 atom stereocenters. The third-order valence-corrected chi connectivity index (χ3v) is 3.70. The Morgan fingerprint density at radius 2 is 2.10 bits per heavy atom. The molecule has 0 saturated carbocycles. The fourth-order valence-electron chi connectivity index (χ4n) is 2.60. The van der Waals surface area contributed by atoms with Gasteiger partial charge in [-0.15, -0.1) is 0 Å². The van der Waals surface area contributed by atoms with Crippen molar-refractivity contribution in [3.05, 3.63) is 47.0 Å². The largest absolute Gasteiger partial charge is 0.412 e. The first-order chi connectivity index (χ1) is 9.41. The standard InChI is InChI=1S/C15H19F3N2/c1-11-3-2-4-12(9-11)14(10-19)20-7-5-13(6-8-20)15(16,17)18/h2-5,9,14H,6-8,10,19H2,1H3. The summed E-state index contributed by atoms with van der Waals surface area (Å²) in [6, 6.07) is 7.94. The Kier molecular flexibility index (Phi) is 4.50. The maximum atomic E-state index is 12.6. The third-order valence-electron chi connectivity index (χ3n) is 3.70. The van der Waals surface area contributed by atoms with Crippen LogP contribution in [0.5, 0.6) is 0 Å². The zero-order chi connectivity index (χ0) is 14.8. The van der Waals surface area contributed by atoms with E-state index in [1.54, 1.807) is 0 Å². The van der Waals surface area contributed by atoms with Crippen molar-refractivity contribution in [2.45, 2.75) is 25.6 Å². The molecule has 0 bridgehead atoms. The predicted molar refractivity (Wildman–Crippen MR) is 73.3 cm³/mol. The minimum atomic E-state index is -4.20. The van der Waals surface area contributed by atoms with Gasteiger partial charge < -0.3 is 5.73 Å². The van der Waals surface area contributed by atoms with Gasteiger partial charge >= 0.3 is 6.18 Å². The highest BCUT2D eigenvalue weighted by Gasteiger charge is 2.35. The van der Waals surface area contributed by atoms with Crippen molar-refractivity contribution in [2.75, 3.05) is 19.6 Å². The van der Waals surface area contributed by atoms with Crippen LogP contribution >= 0.6 is 0 Å². The number of alkyl halides is 3. The van der Waals surface area contributed by atoms with Crippen LogP contribution in [0.1, 0.15) is 23.6 Å². The lowest BCUT2D eigenvalue weighted by molar-refractivity contribution is -0.0964. The number of nitrogens with zero attached hydrogens (tertiary/aromatic N) is 1. The van der Waals surface area contributed by atoms with E-state index in [0.717, 1.165) is 11.1 Å². The van der Waals surface area contributed by atoms with E-state index >= 15 is 0 Å². The molecule has 2 rings (SSSR count). The molecule has 0 saturated heterocycles. The van der Waals surface area contributed by atoms with Crippen LogP contribution in [0.15, 0.2) is 35.9 Å². The Hall–Kier alpha value is -1.33. The van der Waals surface area contributed by atoms with E-state index in [0.29, 0.717) is 19.6 Å². The first-order valence-corrected chi connectivity index (χ1v) is 6.68. The van der Waals surface area contributed by atoms with Crippen molar-refractivity contribution < 1.29 is 13.2 Å².